The number of guanidine groups is 1. The molecule has 148 valence electrons. The molecule has 0 fully saturated rings. The summed E-state index contributed by atoms with van der Waals surface area (Å²) >= 11 is 0. The number of nitrogens with zero attached hydrogens (tertiary/aromatic N) is 2. The van der Waals surface area contributed by atoms with Crippen LogP contribution in [0.15, 0.2) is 53.5 Å². The van der Waals surface area contributed by atoms with Gasteiger partial charge in [0.1, 0.15) is 0 Å². The molecule has 0 aliphatic rings. The van der Waals surface area contributed by atoms with E-state index in [4.69, 9.17) is 5.73 Å². The fraction of sp³-hybridized carbons (Fsp3) is 0.286. The number of carbonyl (C=O) groups is 2. The zero-order chi connectivity index (χ0) is 20.5. The monoisotopic (exact) mass is 381 g/mol. The minimum atomic E-state index is -0.452. The van der Waals surface area contributed by atoms with Crippen molar-refractivity contribution in [3.05, 3.63) is 70.8 Å². The Labute approximate surface area is 165 Å². The van der Waals surface area contributed by atoms with Gasteiger partial charge in [0.2, 0.25) is 5.91 Å². The van der Waals surface area contributed by atoms with Gasteiger partial charge in [-0.1, -0.05) is 24.3 Å². The molecule has 2 amide bonds. The maximum absolute atomic E-state index is 11.9. The molecule has 0 heterocycles. The standard InChI is InChI=1S/C21H27N5O2/c1-4-23-21(25-14-16-6-5-7-18(12-16)19(22)27)24-13-15-8-10-17(11-9-15)20(28)26(2)3/h5-12H,4,13-14H2,1-3H3,(H2,22,27)(H2,23,24,25). The number of benzene rings is 2. The molecule has 4 N–H and O–H groups in total. The summed E-state index contributed by atoms with van der Waals surface area (Å²) in [6.07, 6.45) is 0. The molecule has 7 nitrogen and oxygen atoms in total. The molecule has 7 heteroatoms. The van der Waals surface area contributed by atoms with Gasteiger partial charge in [-0.25, -0.2) is 4.99 Å². The van der Waals surface area contributed by atoms with E-state index < -0.39 is 5.91 Å². The van der Waals surface area contributed by atoms with Crippen molar-refractivity contribution in [1.29, 1.82) is 0 Å². The van der Waals surface area contributed by atoms with Gasteiger partial charge in [0, 0.05) is 38.3 Å². The molecule has 0 bridgehead atoms. The molecule has 0 aromatic heterocycles. The minimum absolute atomic E-state index is 0.0207. The van der Waals surface area contributed by atoms with E-state index >= 15 is 0 Å². The summed E-state index contributed by atoms with van der Waals surface area (Å²) < 4.78 is 0. The Morgan fingerprint density at radius 1 is 1.00 bits per heavy atom. The van der Waals surface area contributed by atoms with E-state index in [0.29, 0.717) is 30.2 Å². The number of nitrogens with one attached hydrogen (secondary N) is 2. The Balaban J connectivity index is 2.00. The van der Waals surface area contributed by atoms with E-state index in [2.05, 4.69) is 15.6 Å². The molecule has 0 unspecified atom stereocenters. The summed E-state index contributed by atoms with van der Waals surface area (Å²) in [5.74, 6) is 0.195. The molecule has 2 rings (SSSR count). The molecule has 0 aliphatic carbocycles. The van der Waals surface area contributed by atoms with Gasteiger partial charge in [-0.15, -0.1) is 0 Å². The SMILES string of the molecule is CCNC(=NCc1cccc(C(N)=O)c1)NCc1ccc(C(=O)N(C)C)cc1. The molecule has 0 spiro atoms. The van der Waals surface area contributed by atoms with Crippen molar-refractivity contribution in [3.63, 3.8) is 0 Å². The Morgan fingerprint density at radius 2 is 1.71 bits per heavy atom. The van der Waals surface area contributed by atoms with Gasteiger partial charge < -0.3 is 21.3 Å². The minimum Gasteiger partial charge on any atom is -0.366 e. The van der Waals surface area contributed by atoms with Crippen LogP contribution in [0.25, 0.3) is 0 Å². The Bertz CT molecular complexity index is 844. The average Bonchev–Trinajstić information content (AvgIpc) is 2.70. The number of aliphatic imine (C=N–C) groups is 1. The largest absolute Gasteiger partial charge is 0.366 e. The lowest BCUT2D eigenvalue weighted by Gasteiger charge is -2.13. The lowest BCUT2D eigenvalue weighted by molar-refractivity contribution is 0.0827. The average molecular weight is 381 g/mol. The molecule has 0 radical (unpaired) electrons. The van der Waals surface area contributed by atoms with E-state index in [1.807, 2.05) is 37.3 Å². The van der Waals surface area contributed by atoms with Crippen LogP contribution < -0.4 is 16.4 Å². The van der Waals surface area contributed by atoms with Gasteiger partial charge in [0.25, 0.3) is 5.91 Å². The van der Waals surface area contributed by atoms with Gasteiger partial charge in [-0.3, -0.25) is 9.59 Å². The van der Waals surface area contributed by atoms with Gasteiger partial charge in [-0.2, -0.15) is 0 Å². The van der Waals surface area contributed by atoms with Crippen LogP contribution in [-0.2, 0) is 13.1 Å². The van der Waals surface area contributed by atoms with Crippen LogP contribution >= 0.6 is 0 Å². The van der Waals surface area contributed by atoms with E-state index in [9.17, 15) is 9.59 Å². The lowest BCUT2D eigenvalue weighted by atomic mass is 10.1. The van der Waals surface area contributed by atoms with Crippen LogP contribution in [0.4, 0.5) is 0 Å². The van der Waals surface area contributed by atoms with Crippen molar-refractivity contribution in [2.24, 2.45) is 10.7 Å². The van der Waals surface area contributed by atoms with E-state index in [0.717, 1.165) is 17.7 Å². The number of hydrogen-bond donors (Lipinski definition) is 3. The van der Waals surface area contributed by atoms with Crippen LogP contribution in [0.2, 0.25) is 0 Å². The third-order valence-corrected chi connectivity index (χ3v) is 4.04. The zero-order valence-electron chi connectivity index (χ0n) is 16.5. The molecule has 2 aromatic rings. The van der Waals surface area contributed by atoms with Gasteiger partial charge in [0.15, 0.2) is 5.96 Å². The quantitative estimate of drug-likeness (QED) is 0.502. The van der Waals surface area contributed by atoms with E-state index in [1.165, 1.54) is 0 Å². The zero-order valence-corrected chi connectivity index (χ0v) is 16.5. The molecule has 2 aromatic carbocycles. The van der Waals surface area contributed by atoms with Gasteiger partial charge in [-0.05, 0) is 42.3 Å². The predicted molar refractivity (Wildman–Crippen MR) is 111 cm³/mol. The molecule has 0 saturated heterocycles. The van der Waals surface area contributed by atoms with Gasteiger partial charge >= 0.3 is 0 Å². The third-order valence-electron chi connectivity index (χ3n) is 4.04. The molecule has 0 aliphatic heterocycles. The lowest BCUT2D eigenvalue weighted by Crippen LogP contribution is -2.36. The van der Waals surface area contributed by atoms with Gasteiger partial charge in [0.05, 0.1) is 6.54 Å². The Morgan fingerprint density at radius 3 is 2.32 bits per heavy atom. The highest BCUT2D eigenvalue weighted by atomic mass is 16.2. The highest BCUT2D eigenvalue weighted by Crippen LogP contribution is 2.07. The van der Waals surface area contributed by atoms with Crippen molar-refractivity contribution in [3.8, 4) is 0 Å². The number of nitrogens with two attached hydrogens (primary N) is 1. The topological polar surface area (TPSA) is 99.8 Å². The van der Waals surface area contributed by atoms with E-state index in [-0.39, 0.29) is 5.91 Å². The Hall–Kier alpha value is -3.35. The van der Waals surface area contributed by atoms with Crippen molar-refractivity contribution in [1.82, 2.24) is 15.5 Å². The number of amides is 2. The molecule has 0 atom stereocenters. The number of primary amides is 1. The Kier molecular flexibility index (Phi) is 7.56. The fourth-order valence-electron chi connectivity index (χ4n) is 2.54. The smallest absolute Gasteiger partial charge is 0.253 e. The molecule has 0 saturated carbocycles. The molecular weight excluding hydrogens is 354 g/mol. The number of carbonyl (C=O) groups excluding carboxylic acids is 2. The second-order valence-electron chi connectivity index (χ2n) is 6.51. The molecule has 28 heavy (non-hydrogen) atoms. The van der Waals surface area contributed by atoms with Crippen LogP contribution in [-0.4, -0.2) is 43.3 Å². The highest BCUT2D eigenvalue weighted by molar-refractivity contribution is 5.94. The summed E-state index contributed by atoms with van der Waals surface area (Å²) in [4.78, 5) is 29.3. The fourth-order valence-corrected chi connectivity index (χ4v) is 2.54. The third kappa shape index (κ3) is 6.12. The molecular formula is C21H27N5O2. The normalized spacial score (nSPS) is 11.0. The summed E-state index contributed by atoms with van der Waals surface area (Å²) in [5, 5.41) is 6.46. The van der Waals surface area contributed by atoms with Crippen LogP contribution in [0.5, 0.6) is 0 Å². The summed E-state index contributed by atoms with van der Waals surface area (Å²) in [5.41, 5.74) is 8.39. The van der Waals surface area contributed by atoms with Crippen molar-refractivity contribution >= 4 is 17.8 Å². The summed E-state index contributed by atoms with van der Waals surface area (Å²) in [6.45, 7) is 3.71. The highest BCUT2D eigenvalue weighted by Gasteiger charge is 2.07. The number of hydrogen-bond acceptors (Lipinski definition) is 3. The van der Waals surface area contributed by atoms with Crippen molar-refractivity contribution in [2.75, 3.05) is 20.6 Å². The van der Waals surface area contributed by atoms with Crippen LogP contribution in [0, 0.1) is 0 Å². The van der Waals surface area contributed by atoms with Crippen molar-refractivity contribution < 1.29 is 9.59 Å². The number of rotatable bonds is 7. The second kappa shape index (κ2) is 10.1. The maximum Gasteiger partial charge on any atom is 0.253 e. The first kappa shape index (κ1) is 21.0. The van der Waals surface area contributed by atoms with Crippen LogP contribution in [0.1, 0.15) is 38.8 Å². The first-order valence-corrected chi connectivity index (χ1v) is 9.12. The first-order valence-electron chi connectivity index (χ1n) is 9.12. The second-order valence-corrected chi connectivity index (χ2v) is 6.51. The maximum atomic E-state index is 11.9. The summed E-state index contributed by atoms with van der Waals surface area (Å²) in [7, 11) is 3.46. The van der Waals surface area contributed by atoms with E-state index in [1.54, 1.807) is 37.2 Å². The summed E-state index contributed by atoms with van der Waals surface area (Å²) in [6, 6.07) is 14.6. The first-order chi connectivity index (χ1) is 13.4. The van der Waals surface area contributed by atoms with Crippen LogP contribution in [0.3, 0.4) is 0 Å². The predicted octanol–water partition coefficient (Wildman–Crippen LogP) is 1.74. The van der Waals surface area contributed by atoms with Crippen molar-refractivity contribution in [2.45, 2.75) is 20.0 Å².